The van der Waals surface area contributed by atoms with Crippen LogP contribution in [0.25, 0.3) is 0 Å². The average molecular weight is 278 g/mol. The molecule has 2 aromatic rings. The van der Waals surface area contributed by atoms with E-state index in [4.69, 9.17) is 4.52 Å². The first kappa shape index (κ1) is 13.8. The molecule has 1 N–H and O–H groups in total. The maximum Gasteiger partial charge on any atom is 0.234 e. The molecule has 2 rings (SSSR count). The van der Waals surface area contributed by atoms with Gasteiger partial charge in [-0.25, -0.2) is 0 Å². The van der Waals surface area contributed by atoms with Crippen LogP contribution in [0.4, 0.5) is 5.88 Å². The van der Waals surface area contributed by atoms with Crippen molar-refractivity contribution >= 4 is 23.1 Å². The number of thiophene rings is 1. The molecule has 0 bridgehead atoms. The van der Waals surface area contributed by atoms with Crippen molar-refractivity contribution in [3.8, 4) is 0 Å². The molecule has 0 aliphatic rings. The van der Waals surface area contributed by atoms with E-state index in [9.17, 15) is 4.79 Å². The fraction of sp³-hybridized carbons (Fsp3) is 0.429. The van der Waals surface area contributed by atoms with Gasteiger partial charge in [-0.1, -0.05) is 18.1 Å². The first-order chi connectivity index (χ1) is 9.20. The first-order valence-electron chi connectivity index (χ1n) is 6.48. The van der Waals surface area contributed by atoms with Crippen LogP contribution < -0.4 is 5.32 Å². The Bertz CT molecular complexity index is 532. The zero-order valence-corrected chi connectivity index (χ0v) is 12.0. The third-order valence-corrected chi connectivity index (χ3v) is 3.95. The smallest absolute Gasteiger partial charge is 0.234 e. The molecule has 0 fully saturated rings. The lowest BCUT2D eigenvalue weighted by molar-refractivity contribution is -0.116. The van der Waals surface area contributed by atoms with Crippen LogP contribution in [0.2, 0.25) is 0 Å². The SMILES string of the molecule is CCc1noc(NC(=O)CCCc2cccs2)c1C. The van der Waals surface area contributed by atoms with Crippen molar-refractivity contribution in [3.05, 3.63) is 33.6 Å². The van der Waals surface area contributed by atoms with E-state index in [2.05, 4.69) is 21.9 Å². The minimum atomic E-state index is -0.0153. The highest BCUT2D eigenvalue weighted by molar-refractivity contribution is 7.09. The van der Waals surface area contributed by atoms with E-state index in [-0.39, 0.29) is 5.91 Å². The number of hydrogen-bond acceptors (Lipinski definition) is 4. The van der Waals surface area contributed by atoms with E-state index in [1.807, 2.05) is 19.9 Å². The molecule has 2 heterocycles. The Morgan fingerprint density at radius 1 is 1.53 bits per heavy atom. The van der Waals surface area contributed by atoms with Crippen LogP contribution in [0.1, 0.15) is 35.9 Å². The molecule has 0 saturated heterocycles. The van der Waals surface area contributed by atoms with Gasteiger partial charge in [-0.2, -0.15) is 0 Å². The molecule has 0 saturated carbocycles. The van der Waals surface area contributed by atoms with Crippen molar-refractivity contribution in [2.24, 2.45) is 0 Å². The number of anilines is 1. The summed E-state index contributed by atoms with van der Waals surface area (Å²) in [5, 5.41) is 8.76. The van der Waals surface area contributed by atoms with Crippen molar-refractivity contribution < 1.29 is 9.32 Å². The van der Waals surface area contributed by atoms with Crippen LogP contribution in [0.15, 0.2) is 22.0 Å². The fourth-order valence-electron chi connectivity index (χ4n) is 1.88. The second kappa shape index (κ2) is 6.52. The molecule has 0 spiro atoms. The monoisotopic (exact) mass is 278 g/mol. The molecule has 1 amide bonds. The highest BCUT2D eigenvalue weighted by Gasteiger charge is 2.12. The largest absolute Gasteiger partial charge is 0.338 e. The van der Waals surface area contributed by atoms with Gasteiger partial charge in [-0.3, -0.25) is 10.1 Å². The second-order valence-corrected chi connectivity index (χ2v) is 5.45. The fourth-order valence-corrected chi connectivity index (χ4v) is 2.63. The number of aromatic nitrogens is 1. The number of hydrogen-bond donors (Lipinski definition) is 1. The highest BCUT2D eigenvalue weighted by atomic mass is 32.1. The summed E-state index contributed by atoms with van der Waals surface area (Å²) in [6, 6.07) is 4.13. The molecule has 2 aromatic heterocycles. The number of carbonyl (C=O) groups excluding carboxylic acids is 1. The zero-order chi connectivity index (χ0) is 13.7. The van der Waals surface area contributed by atoms with Gasteiger partial charge in [-0.15, -0.1) is 11.3 Å². The van der Waals surface area contributed by atoms with Crippen LogP contribution >= 0.6 is 11.3 Å². The summed E-state index contributed by atoms with van der Waals surface area (Å²) in [7, 11) is 0. The van der Waals surface area contributed by atoms with E-state index in [1.54, 1.807) is 11.3 Å². The summed E-state index contributed by atoms with van der Waals surface area (Å²) in [4.78, 5) is 13.1. The summed E-state index contributed by atoms with van der Waals surface area (Å²) in [6.07, 6.45) is 3.10. The summed E-state index contributed by atoms with van der Waals surface area (Å²) in [5.41, 5.74) is 1.82. The number of nitrogens with one attached hydrogen (secondary N) is 1. The lowest BCUT2D eigenvalue weighted by Gasteiger charge is -2.02. The van der Waals surface area contributed by atoms with E-state index >= 15 is 0 Å². The van der Waals surface area contributed by atoms with Crippen molar-refractivity contribution in [2.45, 2.75) is 39.5 Å². The Kier molecular flexibility index (Phi) is 4.74. The predicted octanol–water partition coefficient (Wildman–Crippen LogP) is 3.57. The molecule has 0 atom stereocenters. The molecule has 5 heteroatoms. The van der Waals surface area contributed by atoms with Gasteiger partial charge in [0.1, 0.15) is 0 Å². The number of carbonyl (C=O) groups is 1. The van der Waals surface area contributed by atoms with Gasteiger partial charge >= 0.3 is 0 Å². The van der Waals surface area contributed by atoms with Gasteiger partial charge in [-0.05, 0) is 37.6 Å². The van der Waals surface area contributed by atoms with Crippen LogP contribution in [0.3, 0.4) is 0 Å². The lowest BCUT2D eigenvalue weighted by Crippen LogP contribution is -2.11. The molecule has 0 aliphatic heterocycles. The Labute approximate surface area is 116 Å². The molecular formula is C14H18N2O2S. The van der Waals surface area contributed by atoms with Gasteiger partial charge in [0.25, 0.3) is 0 Å². The van der Waals surface area contributed by atoms with Crippen molar-refractivity contribution in [1.29, 1.82) is 0 Å². The number of nitrogens with zero attached hydrogens (tertiary/aromatic N) is 1. The van der Waals surface area contributed by atoms with Gasteiger partial charge in [0.15, 0.2) is 0 Å². The normalized spacial score (nSPS) is 10.6. The van der Waals surface area contributed by atoms with Gasteiger partial charge in [0.05, 0.1) is 5.69 Å². The number of amides is 1. The zero-order valence-electron chi connectivity index (χ0n) is 11.2. The van der Waals surface area contributed by atoms with Crippen molar-refractivity contribution in [2.75, 3.05) is 5.32 Å². The van der Waals surface area contributed by atoms with Crippen molar-refractivity contribution in [3.63, 3.8) is 0 Å². The summed E-state index contributed by atoms with van der Waals surface area (Å²) in [5.74, 6) is 0.469. The first-order valence-corrected chi connectivity index (χ1v) is 7.36. The maximum absolute atomic E-state index is 11.8. The van der Waals surface area contributed by atoms with Crippen LogP contribution in [-0.4, -0.2) is 11.1 Å². The quantitative estimate of drug-likeness (QED) is 0.878. The Hall–Kier alpha value is -1.62. The van der Waals surface area contributed by atoms with E-state index in [1.165, 1.54) is 4.88 Å². The van der Waals surface area contributed by atoms with E-state index in [0.717, 1.165) is 30.5 Å². The second-order valence-electron chi connectivity index (χ2n) is 4.42. The molecule has 0 unspecified atom stereocenters. The van der Waals surface area contributed by atoms with E-state index < -0.39 is 0 Å². The van der Waals surface area contributed by atoms with Gasteiger partial charge in [0, 0.05) is 16.9 Å². The minimum Gasteiger partial charge on any atom is -0.338 e. The molecular weight excluding hydrogens is 260 g/mol. The summed E-state index contributed by atoms with van der Waals surface area (Å²) >= 11 is 1.73. The average Bonchev–Trinajstić information content (AvgIpc) is 3.01. The summed E-state index contributed by atoms with van der Waals surface area (Å²) in [6.45, 7) is 3.92. The van der Waals surface area contributed by atoms with Crippen LogP contribution in [0.5, 0.6) is 0 Å². The molecule has 0 radical (unpaired) electrons. The summed E-state index contributed by atoms with van der Waals surface area (Å²) < 4.78 is 5.13. The highest BCUT2D eigenvalue weighted by Crippen LogP contribution is 2.19. The minimum absolute atomic E-state index is 0.0153. The Balaban J connectivity index is 1.79. The topological polar surface area (TPSA) is 55.1 Å². The third kappa shape index (κ3) is 3.67. The number of rotatable bonds is 6. The standard InChI is InChI=1S/C14H18N2O2S/c1-3-12-10(2)14(18-16-12)15-13(17)8-4-6-11-7-5-9-19-11/h5,7,9H,3-4,6,8H2,1-2H3,(H,15,17). The Morgan fingerprint density at radius 3 is 3.00 bits per heavy atom. The Morgan fingerprint density at radius 2 is 2.37 bits per heavy atom. The van der Waals surface area contributed by atoms with Crippen LogP contribution in [-0.2, 0) is 17.6 Å². The molecule has 0 aliphatic carbocycles. The molecule has 4 nitrogen and oxygen atoms in total. The van der Waals surface area contributed by atoms with E-state index in [0.29, 0.717) is 12.3 Å². The van der Waals surface area contributed by atoms with Crippen molar-refractivity contribution in [1.82, 2.24) is 5.16 Å². The molecule has 0 aromatic carbocycles. The molecule has 19 heavy (non-hydrogen) atoms. The third-order valence-electron chi connectivity index (χ3n) is 3.02. The van der Waals surface area contributed by atoms with Gasteiger partial charge < -0.3 is 4.52 Å². The predicted molar refractivity (Wildman–Crippen MR) is 76.5 cm³/mol. The van der Waals surface area contributed by atoms with Gasteiger partial charge in [0.2, 0.25) is 11.8 Å². The maximum atomic E-state index is 11.8. The lowest BCUT2D eigenvalue weighted by atomic mass is 10.2. The number of aryl methyl sites for hydroxylation is 2. The molecule has 102 valence electrons. The van der Waals surface area contributed by atoms with Crippen LogP contribution in [0, 0.1) is 6.92 Å².